The average molecular weight is 487 g/mol. The smallest absolute Gasteiger partial charge is 0.388 e. The van der Waals surface area contributed by atoms with Gasteiger partial charge in [-0.1, -0.05) is 0 Å². The summed E-state index contributed by atoms with van der Waals surface area (Å²) in [7, 11) is 0. The van der Waals surface area contributed by atoms with E-state index in [2.05, 4.69) is 35.8 Å². The average Bonchev–Trinajstić information content (AvgIpc) is 3.54. The highest BCUT2D eigenvalue weighted by Crippen LogP contribution is 2.37. The molecule has 3 N–H and O–H groups in total. The lowest BCUT2D eigenvalue weighted by molar-refractivity contribution is 0.252. The van der Waals surface area contributed by atoms with E-state index in [-0.39, 0.29) is 11.9 Å². The lowest BCUT2D eigenvalue weighted by Gasteiger charge is -2.11. The number of nitrogens with zero attached hydrogens (tertiary/aromatic N) is 5. The number of carbonyl (C=O) groups excluding carboxylic acids is 1. The molecule has 0 unspecified atom stereocenters. The van der Waals surface area contributed by atoms with E-state index < -0.39 is 5.76 Å². The lowest BCUT2D eigenvalue weighted by atomic mass is 10.0. The third-order valence-electron chi connectivity index (χ3n) is 4.93. The maximum Gasteiger partial charge on any atom is 0.434 e. The number of aromatic nitrogens is 6. The van der Waals surface area contributed by atoms with Gasteiger partial charge >= 0.3 is 11.8 Å². The van der Waals surface area contributed by atoms with Crippen LogP contribution >= 0.6 is 11.3 Å². The van der Waals surface area contributed by atoms with Crippen molar-refractivity contribution in [1.29, 1.82) is 0 Å². The molecule has 35 heavy (non-hydrogen) atoms. The second-order valence-corrected chi connectivity index (χ2v) is 8.11. The summed E-state index contributed by atoms with van der Waals surface area (Å²) in [4.78, 5) is 41.0. The predicted molar refractivity (Wildman–Crippen MR) is 131 cm³/mol. The Morgan fingerprint density at radius 2 is 1.89 bits per heavy atom. The Morgan fingerprint density at radius 3 is 2.66 bits per heavy atom. The van der Waals surface area contributed by atoms with E-state index in [9.17, 15) is 9.59 Å². The number of H-pyrrole nitrogens is 1. The fourth-order valence-electron chi connectivity index (χ4n) is 3.36. The van der Waals surface area contributed by atoms with Crippen LogP contribution in [0.4, 0.5) is 10.6 Å². The number of hydrogen-bond donors (Lipinski definition) is 3. The Kier molecular flexibility index (Phi) is 6.09. The van der Waals surface area contributed by atoms with E-state index >= 15 is 0 Å². The fourth-order valence-corrected chi connectivity index (χ4v) is 4.22. The molecule has 0 aromatic carbocycles. The predicted octanol–water partition coefficient (Wildman–Crippen LogP) is 3.81. The molecule has 5 rings (SSSR count). The Morgan fingerprint density at radius 1 is 1.06 bits per heavy atom. The van der Waals surface area contributed by atoms with E-state index in [1.54, 1.807) is 43.1 Å². The number of thiazole rings is 1. The van der Waals surface area contributed by atoms with Crippen molar-refractivity contribution in [2.75, 3.05) is 11.9 Å². The Bertz CT molecular complexity index is 1540. The number of amides is 2. The first kappa shape index (κ1) is 22.1. The molecule has 11 nitrogen and oxygen atoms in total. The van der Waals surface area contributed by atoms with Gasteiger partial charge in [0.05, 0.1) is 11.3 Å². The standard InChI is InChI=1S/C23H18N8O3S/c1-2-26-22(32)29-19-8-16(21-28-18(12-35-21)13-3-5-24-6-4-13)17(11-27-19)14-7-15(10-25-9-14)20-30-31-23(33)34-20/h3-12H,2H2,1H3,(H,31,33)(H2,26,27,29,32). The topological polar surface area (TPSA) is 152 Å². The fraction of sp³-hybridized carbons (Fsp3) is 0.0870. The van der Waals surface area contributed by atoms with Crippen LogP contribution in [-0.4, -0.2) is 42.7 Å². The van der Waals surface area contributed by atoms with Crippen LogP contribution in [0.5, 0.6) is 0 Å². The summed E-state index contributed by atoms with van der Waals surface area (Å²) in [5, 5.41) is 14.2. The quantitative estimate of drug-likeness (QED) is 0.328. The van der Waals surface area contributed by atoms with E-state index in [0.29, 0.717) is 23.5 Å². The van der Waals surface area contributed by atoms with E-state index in [1.807, 2.05) is 24.4 Å². The third-order valence-corrected chi connectivity index (χ3v) is 5.80. The van der Waals surface area contributed by atoms with Crippen molar-refractivity contribution < 1.29 is 9.21 Å². The van der Waals surface area contributed by atoms with Gasteiger partial charge in [0, 0.05) is 65.2 Å². The van der Waals surface area contributed by atoms with Crippen LogP contribution in [-0.2, 0) is 0 Å². The Hall–Kier alpha value is -4.71. The highest BCUT2D eigenvalue weighted by molar-refractivity contribution is 7.13. The second-order valence-electron chi connectivity index (χ2n) is 7.25. The minimum absolute atomic E-state index is 0.127. The number of pyridine rings is 3. The van der Waals surface area contributed by atoms with Crippen LogP contribution in [0, 0.1) is 0 Å². The first-order valence-electron chi connectivity index (χ1n) is 10.5. The minimum Gasteiger partial charge on any atom is -0.388 e. The molecule has 5 heterocycles. The van der Waals surface area contributed by atoms with Gasteiger partial charge in [0.2, 0.25) is 0 Å². The van der Waals surface area contributed by atoms with Gasteiger partial charge in [0.25, 0.3) is 5.89 Å². The van der Waals surface area contributed by atoms with Crippen molar-refractivity contribution in [3.63, 3.8) is 0 Å². The van der Waals surface area contributed by atoms with Gasteiger partial charge in [0.1, 0.15) is 10.8 Å². The summed E-state index contributed by atoms with van der Waals surface area (Å²) in [5.41, 5.74) is 4.46. The number of aromatic amines is 1. The summed E-state index contributed by atoms with van der Waals surface area (Å²) >= 11 is 1.46. The SMILES string of the molecule is CCNC(=O)Nc1cc(-c2nc(-c3ccncc3)cs2)c(-c2cncc(-c3n[nH]c(=O)o3)c2)cn1. The summed E-state index contributed by atoms with van der Waals surface area (Å²) in [5.74, 6) is -0.152. The molecule has 0 radical (unpaired) electrons. The van der Waals surface area contributed by atoms with Crippen molar-refractivity contribution in [1.82, 2.24) is 35.5 Å². The zero-order valence-corrected chi connectivity index (χ0v) is 19.2. The number of nitrogens with one attached hydrogen (secondary N) is 3. The minimum atomic E-state index is -0.653. The molecule has 5 aromatic rings. The van der Waals surface area contributed by atoms with E-state index in [1.165, 1.54) is 11.3 Å². The van der Waals surface area contributed by atoms with Gasteiger partial charge in [-0.2, -0.15) is 0 Å². The zero-order chi connectivity index (χ0) is 24.2. The molecule has 0 aliphatic rings. The molecular formula is C23H18N8O3S. The number of hydrogen-bond acceptors (Lipinski definition) is 9. The molecule has 0 atom stereocenters. The molecular weight excluding hydrogens is 468 g/mol. The van der Waals surface area contributed by atoms with Crippen molar-refractivity contribution in [2.24, 2.45) is 0 Å². The van der Waals surface area contributed by atoms with Crippen molar-refractivity contribution in [3.8, 4) is 44.4 Å². The molecule has 0 saturated heterocycles. The van der Waals surface area contributed by atoms with Crippen molar-refractivity contribution >= 4 is 23.2 Å². The molecule has 0 fully saturated rings. The number of urea groups is 1. The number of carbonyl (C=O) groups is 1. The highest BCUT2D eigenvalue weighted by atomic mass is 32.1. The maximum atomic E-state index is 12.1. The van der Waals surface area contributed by atoms with Crippen LogP contribution < -0.4 is 16.4 Å². The summed E-state index contributed by atoms with van der Waals surface area (Å²) in [6, 6.07) is 6.98. The third kappa shape index (κ3) is 4.82. The van der Waals surface area contributed by atoms with E-state index in [0.717, 1.165) is 27.4 Å². The molecule has 0 aliphatic carbocycles. The van der Waals surface area contributed by atoms with E-state index in [4.69, 9.17) is 9.40 Å². The van der Waals surface area contributed by atoms with Crippen LogP contribution in [0.2, 0.25) is 0 Å². The second kappa shape index (κ2) is 9.65. The Balaban J connectivity index is 1.59. The van der Waals surface area contributed by atoms with Gasteiger partial charge in [-0.25, -0.2) is 24.7 Å². The molecule has 0 saturated carbocycles. The lowest BCUT2D eigenvalue weighted by Crippen LogP contribution is -2.28. The van der Waals surface area contributed by atoms with Crippen LogP contribution in [0.1, 0.15) is 6.92 Å². The van der Waals surface area contributed by atoms with Crippen LogP contribution in [0.3, 0.4) is 0 Å². The van der Waals surface area contributed by atoms with Gasteiger partial charge in [0.15, 0.2) is 0 Å². The van der Waals surface area contributed by atoms with Crippen molar-refractivity contribution in [2.45, 2.75) is 6.92 Å². The van der Waals surface area contributed by atoms with Gasteiger partial charge in [-0.15, -0.1) is 16.4 Å². The zero-order valence-electron chi connectivity index (χ0n) is 18.3. The van der Waals surface area contributed by atoms with Gasteiger partial charge in [-0.05, 0) is 31.2 Å². The highest BCUT2D eigenvalue weighted by Gasteiger charge is 2.17. The first-order valence-corrected chi connectivity index (χ1v) is 11.4. The molecule has 0 bridgehead atoms. The summed E-state index contributed by atoms with van der Waals surface area (Å²) in [6.07, 6.45) is 8.29. The molecule has 0 aliphatic heterocycles. The normalized spacial score (nSPS) is 10.8. The maximum absolute atomic E-state index is 12.1. The van der Waals surface area contributed by atoms with Crippen LogP contribution in [0.15, 0.2) is 69.8 Å². The molecule has 12 heteroatoms. The van der Waals surface area contributed by atoms with Crippen LogP contribution in [0.25, 0.3) is 44.4 Å². The van der Waals surface area contributed by atoms with Gasteiger partial charge < -0.3 is 9.73 Å². The number of anilines is 1. The molecule has 5 aromatic heterocycles. The largest absolute Gasteiger partial charge is 0.434 e. The molecule has 0 spiro atoms. The molecule has 2 amide bonds. The number of rotatable bonds is 6. The van der Waals surface area contributed by atoms with Crippen molar-refractivity contribution in [3.05, 3.63) is 71.2 Å². The molecule has 174 valence electrons. The van der Waals surface area contributed by atoms with Gasteiger partial charge in [-0.3, -0.25) is 15.3 Å². The summed E-state index contributed by atoms with van der Waals surface area (Å²) in [6.45, 7) is 2.32. The Labute approximate surface area is 202 Å². The first-order chi connectivity index (χ1) is 17.1. The summed E-state index contributed by atoms with van der Waals surface area (Å²) < 4.78 is 5.07. The monoisotopic (exact) mass is 486 g/mol.